The first-order valence-corrected chi connectivity index (χ1v) is 7.87. The van der Waals surface area contributed by atoms with Crippen molar-refractivity contribution in [1.82, 2.24) is 0 Å². The van der Waals surface area contributed by atoms with E-state index >= 15 is 0 Å². The Labute approximate surface area is 138 Å². The van der Waals surface area contributed by atoms with Gasteiger partial charge in [0.05, 0.1) is 17.4 Å². The van der Waals surface area contributed by atoms with Gasteiger partial charge in [-0.15, -0.1) is 11.3 Å². The van der Waals surface area contributed by atoms with Gasteiger partial charge in [-0.2, -0.15) is 5.26 Å². The minimum absolute atomic E-state index is 0.270. The van der Waals surface area contributed by atoms with Crippen molar-refractivity contribution >= 4 is 22.2 Å². The summed E-state index contributed by atoms with van der Waals surface area (Å²) in [4.78, 5) is 13.3. The number of hydrogen-bond acceptors (Lipinski definition) is 4. The van der Waals surface area contributed by atoms with Crippen LogP contribution in [-0.2, 0) is 0 Å². The molecule has 0 atom stereocenters. The third-order valence-electron chi connectivity index (χ3n) is 3.59. The topological polar surface area (TPSA) is 66.0 Å². The zero-order chi connectivity index (χ0) is 16.4. The molecular formula is C18H14N2O2S. The number of amides is 1. The third-order valence-corrected chi connectivity index (χ3v) is 4.61. The van der Waals surface area contributed by atoms with Crippen LogP contribution in [0.15, 0.2) is 47.1 Å². The summed E-state index contributed by atoms with van der Waals surface area (Å²) in [6.45, 7) is 3.68. The van der Waals surface area contributed by atoms with Gasteiger partial charge in [0.25, 0.3) is 5.91 Å². The Morgan fingerprint density at radius 3 is 2.57 bits per heavy atom. The number of carbonyl (C=O) groups is 1. The van der Waals surface area contributed by atoms with Crippen LogP contribution in [0.1, 0.15) is 26.6 Å². The standard InChI is InChI=1S/C18H14N2O2S/c1-11-14(8-9-22-11)17(21)20-18-15(10-19)16(12(2)23-18)13-6-4-3-5-7-13/h3-9H,1-2H3,(H,20,21). The molecule has 3 aromatic rings. The van der Waals surface area contributed by atoms with E-state index in [9.17, 15) is 10.1 Å². The van der Waals surface area contributed by atoms with Crippen molar-refractivity contribution in [3.05, 3.63) is 64.4 Å². The van der Waals surface area contributed by atoms with E-state index in [1.807, 2.05) is 37.3 Å². The predicted molar refractivity (Wildman–Crippen MR) is 90.6 cm³/mol. The highest BCUT2D eigenvalue weighted by Crippen LogP contribution is 2.39. The molecule has 0 saturated heterocycles. The van der Waals surface area contributed by atoms with E-state index < -0.39 is 0 Å². The zero-order valence-electron chi connectivity index (χ0n) is 12.7. The lowest BCUT2D eigenvalue weighted by atomic mass is 10.0. The van der Waals surface area contributed by atoms with Gasteiger partial charge in [-0.3, -0.25) is 4.79 Å². The normalized spacial score (nSPS) is 10.3. The van der Waals surface area contributed by atoms with Crippen LogP contribution in [-0.4, -0.2) is 5.91 Å². The molecule has 0 aliphatic heterocycles. The van der Waals surface area contributed by atoms with Gasteiger partial charge in [0.1, 0.15) is 16.8 Å². The highest BCUT2D eigenvalue weighted by molar-refractivity contribution is 7.17. The average Bonchev–Trinajstić information content (AvgIpc) is 3.11. The van der Waals surface area contributed by atoms with Gasteiger partial charge in [0.2, 0.25) is 0 Å². The Bertz CT molecular complexity index is 901. The maximum atomic E-state index is 12.3. The van der Waals surface area contributed by atoms with E-state index in [-0.39, 0.29) is 5.91 Å². The van der Waals surface area contributed by atoms with E-state index in [1.165, 1.54) is 17.6 Å². The van der Waals surface area contributed by atoms with Gasteiger partial charge < -0.3 is 9.73 Å². The molecule has 23 heavy (non-hydrogen) atoms. The van der Waals surface area contributed by atoms with Crippen LogP contribution in [0.4, 0.5) is 5.00 Å². The number of nitriles is 1. The summed E-state index contributed by atoms with van der Waals surface area (Å²) in [5.74, 6) is 0.284. The van der Waals surface area contributed by atoms with Crippen LogP contribution in [0, 0.1) is 25.2 Å². The fourth-order valence-electron chi connectivity index (χ4n) is 2.48. The predicted octanol–water partition coefficient (Wildman–Crippen LogP) is 4.75. The number of aryl methyl sites for hydroxylation is 2. The quantitative estimate of drug-likeness (QED) is 0.756. The molecule has 0 aliphatic carbocycles. The molecule has 1 N–H and O–H groups in total. The number of nitrogens with one attached hydrogen (secondary N) is 1. The number of anilines is 1. The number of rotatable bonds is 3. The van der Waals surface area contributed by atoms with Gasteiger partial charge in [0.15, 0.2) is 0 Å². The van der Waals surface area contributed by atoms with Gasteiger partial charge >= 0.3 is 0 Å². The number of hydrogen-bond donors (Lipinski definition) is 1. The summed E-state index contributed by atoms with van der Waals surface area (Å²) in [7, 11) is 0. The summed E-state index contributed by atoms with van der Waals surface area (Å²) in [5, 5.41) is 13.0. The van der Waals surface area contributed by atoms with Crippen molar-refractivity contribution in [2.45, 2.75) is 13.8 Å². The van der Waals surface area contributed by atoms with Crippen molar-refractivity contribution in [2.24, 2.45) is 0 Å². The molecule has 0 fully saturated rings. The third kappa shape index (κ3) is 2.77. The maximum Gasteiger partial charge on any atom is 0.259 e. The summed E-state index contributed by atoms with van der Waals surface area (Å²) in [6, 6.07) is 13.6. The molecule has 1 amide bonds. The second kappa shape index (κ2) is 6.11. The van der Waals surface area contributed by atoms with Crippen LogP contribution >= 0.6 is 11.3 Å². The van der Waals surface area contributed by atoms with E-state index in [0.717, 1.165) is 16.0 Å². The lowest BCUT2D eigenvalue weighted by Crippen LogP contribution is -2.11. The van der Waals surface area contributed by atoms with Crippen LogP contribution < -0.4 is 5.32 Å². The lowest BCUT2D eigenvalue weighted by molar-refractivity contribution is 0.102. The molecule has 4 nitrogen and oxygen atoms in total. The first-order chi connectivity index (χ1) is 11.1. The van der Waals surface area contributed by atoms with Crippen LogP contribution in [0.3, 0.4) is 0 Å². The fourth-order valence-corrected chi connectivity index (χ4v) is 3.50. The number of benzene rings is 1. The highest BCUT2D eigenvalue weighted by atomic mass is 32.1. The first-order valence-electron chi connectivity index (χ1n) is 7.06. The van der Waals surface area contributed by atoms with E-state index in [4.69, 9.17) is 4.42 Å². The van der Waals surface area contributed by atoms with E-state index in [1.54, 1.807) is 13.0 Å². The maximum absolute atomic E-state index is 12.3. The monoisotopic (exact) mass is 322 g/mol. The van der Waals surface area contributed by atoms with Crippen LogP contribution in [0.5, 0.6) is 0 Å². The van der Waals surface area contributed by atoms with Gasteiger partial charge in [-0.25, -0.2) is 0 Å². The van der Waals surface area contributed by atoms with Crippen molar-refractivity contribution in [3.63, 3.8) is 0 Å². The van der Waals surface area contributed by atoms with Crippen LogP contribution in [0.25, 0.3) is 11.1 Å². The molecule has 3 rings (SSSR count). The van der Waals surface area contributed by atoms with Crippen molar-refractivity contribution < 1.29 is 9.21 Å². The Balaban J connectivity index is 2.00. The summed E-state index contributed by atoms with van der Waals surface area (Å²) >= 11 is 1.41. The van der Waals surface area contributed by atoms with Crippen molar-refractivity contribution in [3.8, 4) is 17.2 Å². The molecule has 0 bridgehead atoms. The van der Waals surface area contributed by atoms with Crippen molar-refractivity contribution in [1.29, 1.82) is 5.26 Å². The van der Waals surface area contributed by atoms with Gasteiger partial charge in [-0.05, 0) is 25.5 Å². The number of carbonyl (C=O) groups excluding carboxylic acids is 1. The summed E-state index contributed by atoms with van der Waals surface area (Å²) < 4.78 is 5.16. The second-order valence-electron chi connectivity index (χ2n) is 5.06. The fraction of sp³-hybridized carbons (Fsp3) is 0.111. The minimum atomic E-state index is -0.270. The molecule has 0 spiro atoms. The molecule has 0 radical (unpaired) electrons. The average molecular weight is 322 g/mol. The molecule has 2 aromatic heterocycles. The molecule has 114 valence electrons. The van der Waals surface area contributed by atoms with Crippen LogP contribution in [0.2, 0.25) is 0 Å². The number of thiophene rings is 1. The smallest absolute Gasteiger partial charge is 0.259 e. The van der Waals surface area contributed by atoms with Gasteiger partial charge in [0, 0.05) is 10.4 Å². The Morgan fingerprint density at radius 1 is 1.22 bits per heavy atom. The zero-order valence-corrected chi connectivity index (χ0v) is 13.5. The largest absolute Gasteiger partial charge is 0.469 e. The van der Waals surface area contributed by atoms with Gasteiger partial charge in [-0.1, -0.05) is 30.3 Å². The second-order valence-corrected chi connectivity index (χ2v) is 6.28. The Hall–Kier alpha value is -2.84. The molecule has 0 aliphatic rings. The highest BCUT2D eigenvalue weighted by Gasteiger charge is 2.20. The molecule has 0 saturated carbocycles. The molecule has 0 unspecified atom stereocenters. The van der Waals surface area contributed by atoms with E-state index in [0.29, 0.717) is 21.9 Å². The Kier molecular flexibility index (Phi) is 4.00. The number of nitrogens with zero attached hydrogens (tertiary/aromatic N) is 1. The summed E-state index contributed by atoms with van der Waals surface area (Å²) in [5.41, 5.74) is 2.81. The lowest BCUT2D eigenvalue weighted by Gasteiger charge is -2.03. The number of furan rings is 1. The van der Waals surface area contributed by atoms with Crippen molar-refractivity contribution in [2.75, 3.05) is 5.32 Å². The van der Waals surface area contributed by atoms with E-state index in [2.05, 4.69) is 11.4 Å². The molecular weight excluding hydrogens is 308 g/mol. The molecule has 1 aromatic carbocycles. The first kappa shape index (κ1) is 15.1. The molecule has 5 heteroatoms. The SMILES string of the molecule is Cc1occc1C(=O)Nc1sc(C)c(-c2ccccc2)c1C#N. The minimum Gasteiger partial charge on any atom is -0.469 e. The molecule has 2 heterocycles. The Morgan fingerprint density at radius 2 is 1.96 bits per heavy atom. The summed E-state index contributed by atoms with van der Waals surface area (Å²) in [6.07, 6.45) is 1.48.